The van der Waals surface area contributed by atoms with E-state index in [0.717, 1.165) is 38.0 Å². The van der Waals surface area contributed by atoms with E-state index in [2.05, 4.69) is 53.7 Å². The van der Waals surface area contributed by atoms with Crippen LogP contribution in [0.5, 0.6) is 0 Å². The normalized spacial score (nSPS) is 21.4. The molecule has 0 bridgehead atoms. The third-order valence-electron chi connectivity index (χ3n) is 5.60. The minimum atomic E-state index is 0.201. The number of carbonyl (C=O) groups is 1. The molecule has 1 aliphatic carbocycles. The van der Waals surface area contributed by atoms with E-state index >= 15 is 0 Å². The number of carbonyl (C=O) groups excluding carboxylic acids is 1. The van der Waals surface area contributed by atoms with E-state index in [1.165, 1.54) is 11.3 Å². The molecule has 4 nitrogen and oxygen atoms in total. The molecule has 1 fully saturated rings. The van der Waals surface area contributed by atoms with Crippen molar-refractivity contribution in [1.29, 1.82) is 0 Å². The average molecular weight is 323 g/mol. The van der Waals surface area contributed by atoms with Gasteiger partial charge in [0, 0.05) is 31.1 Å². The van der Waals surface area contributed by atoms with Gasteiger partial charge in [0.1, 0.15) is 0 Å². The summed E-state index contributed by atoms with van der Waals surface area (Å²) in [5.74, 6) is 0.545. The number of amides is 1. The first-order valence-electron chi connectivity index (χ1n) is 8.90. The Morgan fingerprint density at radius 2 is 2.04 bits per heavy atom. The number of imidazole rings is 1. The van der Waals surface area contributed by atoms with Gasteiger partial charge < -0.3 is 9.47 Å². The van der Waals surface area contributed by atoms with Crippen LogP contribution in [0.4, 0.5) is 0 Å². The highest BCUT2D eigenvalue weighted by Crippen LogP contribution is 2.52. The third kappa shape index (κ3) is 2.85. The topological polar surface area (TPSA) is 38.1 Å². The number of hydrogen-bond donors (Lipinski definition) is 0. The second-order valence-electron chi connectivity index (χ2n) is 7.82. The molecule has 2 aliphatic rings. The van der Waals surface area contributed by atoms with Gasteiger partial charge in [0.25, 0.3) is 0 Å². The quantitative estimate of drug-likeness (QED) is 0.867. The lowest BCUT2D eigenvalue weighted by molar-refractivity contribution is -0.134. The molecule has 0 radical (unpaired) electrons. The molecule has 4 rings (SSSR count). The van der Waals surface area contributed by atoms with Crippen molar-refractivity contribution < 1.29 is 4.79 Å². The van der Waals surface area contributed by atoms with Gasteiger partial charge in [-0.15, -0.1) is 0 Å². The maximum absolute atomic E-state index is 12.6. The highest BCUT2D eigenvalue weighted by atomic mass is 16.2. The van der Waals surface area contributed by atoms with E-state index in [4.69, 9.17) is 0 Å². The molecule has 1 aromatic heterocycles. The van der Waals surface area contributed by atoms with Crippen molar-refractivity contribution in [2.45, 2.75) is 46.2 Å². The molecule has 1 aliphatic heterocycles. The van der Waals surface area contributed by atoms with Gasteiger partial charge in [-0.25, -0.2) is 4.98 Å². The Balaban J connectivity index is 1.41. The second-order valence-corrected chi connectivity index (χ2v) is 7.82. The number of benzene rings is 1. The van der Waals surface area contributed by atoms with Crippen LogP contribution in [-0.4, -0.2) is 26.9 Å². The predicted octanol–water partition coefficient (Wildman–Crippen LogP) is 3.06. The number of rotatable bonds is 4. The molecule has 2 aromatic rings. The van der Waals surface area contributed by atoms with Crippen LogP contribution in [0.1, 0.15) is 37.2 Å². The van der Waals surface area contributed by atoms with Crippen LogP contribution in [0.15, 0.2) is 36.7 Å². The lowest BCUT2D eigenvalue weighted by atomic mass is 10.1. The summed E-state index contributed by atoms with van der Waals surface area (Å²) in [6, 6.07) is 10.6. The minimum Gasteiger partial charge on any atom is -0.336 e. The van der Waals surface area contributed by atoms with Crippen LogP contribution in [0, 0.1) is 11.3 Å². The maximum atomic E-state index is 12.6. The Hall–Kier alpha value is -2.10. The van der Waals surface area contributed by atoms with Crippen molar-refractivity contribution >= 4 is 5.91 Å². The summed E-state index contributed by atoms with van der Waals surface area (Å²) in [6.07, 6.45) is 4.91. The van der Waals surface area contributed by atoms with Gasteiger partial charge >= 0.3 is 0 Å². The Kier molecular flexibility index (Phi) is 3.70. The van der Waals surface area contributed by atoms with E-state index < -0.39 is 0 Å². The molecule has 4 heteroatoms. The van der Waals surface area contributed by atoms with Crippen LogP contribution >= 0.6 is 0 Å². The largest absolute Gasteiger partial charge is 0.336 e. The maximum Gasteiger partial charge on any atom is 0.226 e. The second kappa shape index (κ2) is 5.76. The molecule has 1 atom stereocenters. The molecular weight excluding hydrogens is 298 g/mol. The van der Waals surface area contributed by atoms with Crippen molar-refractivity contribution in [2.24, 2.45) is 11.3 Å². The van der Waals surface area contributed by atoms with E-state index in [9.17, 15) is 4.79 Å². The molecule has 1 amide bonds. The van der Waals surface area contributed by atoms with E-state index in [-0.39, 0.29) is 11.3 Å². The number of nitrogens with zero attached hydrogens (tertiary/aromatic N) is 3. The summed E-state index contributed by atoms with van der Waals surface area (Å²) in [5.41, 5.74) is 3.95. The summed E-state index contributed by atoms with van der Waals surface area (Å²) in [5, 5.41) is 0. The smallest absolute Gasteiger partial charge is 0.226 e. The summed E-state index contributed by atoms with van der Waals surface area (Å²) in [7, 11) is 0. The average Bonchev–Trinajstić information content (AvgIpc) is 3.05. The fraction of sp³-hybridized carbons (Fsp3) is 0.500. The molecule has 0 spiro atoms. The molecule has 0 N–H and O–H groups in total. The molecule has 2 heterocycles. The fourth-order valence-electron chi connectivity index (χ4n) is 3.75. The van der Waals surface area contributed by atoms with Crippen molar-refractivity contribution in [1.82, 2.24) is 14.5 Å². The summed E-state index contributed by atoms with van der Waals surface area (Å²) >= 11 is 0. The number of aryl methyl sites for hydroxylation is 2. The third-order valence-corrected chi connectivity index (χ3v) is 5.60. The minimum absolute atomic E-state index is 0.201. The van der Waals surface area contributed by atoms with Gasteiger partial charge in [0.05, 0.1) is 18.6 Å². The Labute approximate surface area is 143 Å². The molecule has 0 unspecified atom stereocenters. The molecule has 1 aromatic carbocycles. The van der Waals surface area contributed by atoms with Gasteiger partial charge in [-0.1, -0.05) is 44.2 Å². The zero-order valence-electron chi connectivity index (χ0n) is 14.5. The number of aromatic nitrogens is 2. The lowest BCUT2D eigenvalue weighted by Gasteiger charge is -2.28. The van der Waals surface area contributed by atoms with Crippen LogP contribution in [0.2, 0.25) is 0 Å². The van der Waals surface area contributed by atoms with E-state index in [0.29, 0.717) is 12.5 Å². The molecule has 24 heavy (non-hydrogen) atoms. The fourth-order valence-corrected chi connectivity index (χ4v) is 3.75. The highest BCUT2D eigenvalue weighted by Gasteiger charge is 2.52. The summed E-state index contributed by atoms with van der Waals surface area (Å²) < 4.78 is 2.27. The van der Waals surface area contributed by atoms with Gasteiger partial charge in [-0.2, -0.15) is 0 Å². The van der Waals surface area contributed by atoms with Crippen LogP contribution in [0.25, 0.3) is 0 Å². The lowest BCUT2D eigenvalue weighted by Crippen LogP contribution is -2.38. The molecule has 0 saturated heterocycles. The highest BCUT2D eigenvalue weighted by molar-refractivity contribution is 5.82. The zero-order chi connectivity index (χ0) is 16.7. The first-order valence-corrected chi connectivity index (χ1v) is 8.90. The SMILES string of the molecule is CC1(C)C[C@@H]1C(=O)N1CCc2c(ncn2CCc2ccccc2)C1. The van der Waals surface area contributed by atoms with Crippen molar-refractivity contribution in [3.63, 3.8) is 0 Å². The van der Waals surface area contributed by atoms with E-state index in [1.54, 1.807) is 0 Å². The monoisotopic (exact) mass is 323 g/mol. The van der Waals surface area contributed by atoms with Gasteiger partial charge in [-0.05, 0) is 23.8 Å². The number of fused-ring (bicyclic) bond motifs is 1. The van der Waals surface area contributed by atoms with Gasteiger partial charge in [-0.3, -0.25) is 4.79 Å². The number of hydrogen-bond acceptors (Lipinski definition) is 2. The van der Waals surface area contributed by atoms with Gasteiger partial charge in [0.2, 0.25) is 5.91 Å². The van der Waals surface area contributed by atoms with Crippen molar-refractivity contribution in [3.05, 3.63) is 53.6 Å². The van der Waals surface area contributed by atoms with Crippen molar-refractivity contribution in [3.8, 4) is 0 Å². The summed E-state index contributed by atoms with van der Waals surface area (Å²) in [6.45, 7) is 6.83. The first kappa shape index (κ1) is 15.4. The summed E-state index contributed by atoms with van der Waals surface area (Å²) in [4.78, 5) is 19.2. The Morgan fingerprint density at radius 1 is 1.29 bits per heavy atom. The first-order chi connectivity index (χ1) is 11.5. The van der Waals surface area contributed by atoms with Crippen LogP contribution in [-0.2, 0) is 30.7 Å². The zero-order valence-corrected chi connectivity index (χ0v) is 14.5. The Morgan fingerprint density at radius 3 is 2.75 bits per heavy atom. The van der Waals surface area contributed by atoms with E-state index in [1.807, 2.05) is 11.2 Å². The van der Waals surface area contributed by atoms with Crippen LogP contribution < -0.4 is 0 Å². The molecule has 126 valence electrons. The van der Waals surface area contributed by atoms with Gasteiger partial charge in [0.15, 0.2) is 0 Å². The molecule has 1 saturated carbocycles. The van der Waals surface area contributed by atoms with Crippen molar-refractivity contribution in [2.75, 3.05) is 6.54 Å². The predicted molar refractivity (Wildman–Crippen MR) is 93.4 cm³/mol. The molecular formula is C20H25N3O. The Bertz CT molecular complexity index is 747. The standard InChI is InChI=1S/C20H25N3O/c1-20(2)12-16(20)19(24)22-11-9-18-17(13-22)21-14-23(18)10-8-15-6-4-3-5-7-15/h3-7,14,16H,8-13H2,1-2H3/t16-/m1/s1. The van der Waals surface area contributed by atoms with Crippen LogP contribution in [0.3, 0.4) is 0 Å².